The van der Waals surface area contributed by atoms with Crippen LogP contribution in [-0.4, -0.2) is 16.9 Å². The maximum Gasteiger partial charge on any atom is 0.119 e. The van der Waals surface area contributed by atoms with Crippen LogP contribution in [0.4, 0.5) is 0 Å². The minimum atomic E-state index is -0.109. The van der Waals surface area contributed by atoms with Crippen molar-refractivity contribution >= 4 is 27.5 Å². The first-order chi connectivity index (χ1) is 9.97. The predicted octanol–water partition coefficient (Wildman–Crippen LogP) is 2.90. The van der Waals surface area contributed by atoms with Crippen molar-refractivity contribution < 1.29 is 4.74 Å². The number of aromatic nitrogens is 2. The number of nitrogens with two attached hydrogens (primary N) is 1. The van der Waals surface area contributed by atoms with Crippen molar-refractivity contribution in [3.63, 3.8) is 0 Å². The number of halogens is 2. The van der Waals surface area contributed by atoms with Crippen LogP contribution in [0.5, 0.6) is 5.75 Å². The molecule has 0 aliphatic rings. The number of nitrogens with one attached hydrogen (secondary N) is 1. The van der Waals surface area contributed by atoms with Crippen LogP contribution in [0, 0.1) is 6.92 Å². The number of aryl methyl sites for hydroxylation is 2. The minimum absolute atomic E-state index is 0.109. The summed E-state index contributed by atoms with van der Waals surface area (Å²) in [6.45, 7) is 1.89. The first-order valence-corrected chi connectivity index (χ1v) is 7.62. The minimum Gasteiger partial charge on any atom is -0.497 e. The molecule has 2 aromatic rings. The van der Waals surface area contributed by atoms with E-state index in [4.69, 9.17) is 22.2 Å². The Labute approximate surface area is 137 Å². The Morgan fingerprint density at radius 2 is 2.24 bits per heavy atom. The van der Waals surface area contributed by atoms with Crippen molar-refractivity contribution in [3.8, 4) is 5.75 Å². The van der Waals surface area contributed by atoms with Crippen molar-refractivity contribution in [3.05, 3.63) is 44.6 Å². The van der Waals surface area contributed by atoms with Gasteiger partial charge in [-0.05, 0) is 30.7 Å². The quantitative estimate of drug-likeness (QED) is 0.625. The Morgan fingerprint density at radius 1 is 1.52 bits per heavy atom. The third kappa shape index (κ3) is 3.40. The molecule has 0 aliphatic heterocycles. The van der Waals surface area contributed by atoms with Crippen molar-refractivity contribution in [2.75, 3.05) is 7.11 Å². The number of ether oxygens (including phenoxy) is 1. The summed E-state index contributed by atoms with van der Waals surface area (Å²) in [4.78, 5) is 0. The summed E-state index contributed by atoms with van der Waals surface area (Å²) in [6, 6.07) is 5.67. The van der Waals surface area contributed by atoms with Crippen molar-refractivity contribution in [1.82, 2.24) is 15.2 Å². The lowest BCUT2D eigenvalue weighted by molar-refractivity contribution is 0.412. The first kappa shape index (κ1) is 16.3. The van der Waals surface area contributed by atoms with Crippen LogP contribution in [0.1, 0.15) is 23.0 Å². The second-order valence-electron chi connectivity index (χ2n) is 4.78. The third-order valence-electron chi connectivity index (χ3n) is 3.44. The van der Waals surface area contributed by atoms with Gasteiger partial charge in [0.2, 0.25) is 0 Å². The maximum atomic E-state index is 6.31. The monoisotopic (exact) mass is 372 g/mol. The molecule has 0 radical (unpaired) electrons. The highest BCUT2D eigenvalue weighted by Crippen LogP contribution is 2.31. The van der Waals surface area contributed by atoms with Gasteiger partial charge in [-0.2, -0.15) is 5.10 Å². The second-order valence-corrected chi connectivity index (χ2v) is 6.01. The van der Waals surface area contributed by atoms with Gasteiger partial charge in [-0.3, -0.25) is 16.0 Å². The standard InChI is InChI=1S/C14H18BrClN4O/c1-8-14(16)13(20(2)19-8)7-12(18-17)10-6-9(21-3)4-5-11(10)15/h4-6,12,18H,7,17H2,1-3H3. The van der Waals surface area contributed by atoms with Crippen LogP contribution in [0.3, 0.4) is 0 Å². The van der Waals surface area contributed by atoms with Crippen LogP contribution in [0.15, 0.2) is 22.7 Å². The van der Waals surface area contributed by atoms with Gasteiger partial charge in [0, 0.05) is 17.9 Å². The summed E-state index contributed by atoms with van der Waals surface area (Å²) in [6.07, 6.45) is 0.623. The lowest BCUT2D eigenvalue weighted by atomic mass is 10.0. The van der Waals surface area contributed by atoms with Gasteiger partial charge in [-0.25, -0.2) is 0 Å². The van der Waals surface area contributed by atoms with Crippen LogP contribution in [-0.2, 0) is 13.5 Å². The molecular formula is C14H18BrClN4O. The van der Waals surface area contributed by atoms with E-state index in [1.807, 2.05) is 32.2 Å². The topological polar surface area (TPSA) is 65.1 Å². The molecule has 3 N–H and O–H groups in total. The lowest BCUT2D eigenvalue weighted by Gasteiger charge is -2.19. The Bertz CT molecular complexity index is 644. The van der Waals surface area contributed by atoms with Gasteiger partial charge in [0.15, 0.2) is 0 Å². The predicted molar refractivity (Wildman–Crippen MR) is 87.4 cm³/mol. The summed E-state index contributed by atoms with van der Waals surface area (Å²) < 4.78 is 8.02. The van der Waals surface area contributed by atoms with E-state index >= 15 is 0 Å². The summed E-state index contributed by atoms with van der Waals surface area (Å²) in [5, 5.41) is 5.01. The number of hydrazine groups is 1. The maximum absolute atomic E-state index is 6.31. The molecule has 0 amide bonds. The molecule has 0 saturated carbocycles. The summed E-state index contributed by atoms with van der Waals surface area (Å²) in [5.41, 5.74) is 5.60. The van der Waals surface area contributed by atoms with Gasteiger partial charge in [0.1, 0.15) is 5.75 Å². The molecule has 1 heterocycles. The fourth-order valence-corrected chi connectivity index (χ4v) is 3.03. The van der Waals surface area contributed by atoms with E-state index in [1.54, 1.807) is 11.8 Å². The summed E-state index contributed by atoms with van der Waals surface area (Å²) in [5.74, 6) is 6.51. The normalized spacial score (nSPS) is 12.5. The molecule has 114 valence electrons. The fourth-order valence-electron chi connectivity index (χ4n) is 2.27. The van der Waals surface area contributed by atoms with Crippen LogP contribution >= 0.6 is 27.5 Å². The number of hydrogen-bond donors (Lipinski definition) is 2. The van der Waals surface area contributed by atoms with E-state index in [0.717, 1.165) is 27.2 Å². The number of hydrogen-bond acceptors (Lipinski definition) is 4. The van der Waals surface area contributed by atoms with Gasteiger partial charge in [-0.15, -0.1) is 0 Å². The fraction of sp³-hybridized carbons (Fsp3) is 0.357. The average Bonchev–Trinajstić information content (AvgIpc) is 2.71. The van der Waals surface area contributed by atoms with Gasteiger partial charge in [0.05, 0.1) is 29.6 Å². The molecular weight excluding hydrogens is 356 g/mol. The van der Waals surface area contributed by atoms with Gasteiger partial charge < -0.3 is 4.74 Å². The zero-order valence-electron chi connectivity index (χ0n) is 12.2. The van der Waals surface area contributed by atoms with Gasteiger partial charge >= 0.3 is 0 Å². The van der Waals surface area contributed by atoms with Crippen LogP contribution in [0.2, 0.25) is 5.02 Å². The van der Waals surface area contributed by atoms with E-state index in [2.05, 4.69) is 26.5 Å². The second kappa shape index (κ2) is 6.79. The van der Waals surface area contributed by atoms with Gasteiger partial charge in [0.25, 0.3) is 0 Å². The molecule has 7 heteroatoms. The highest BCUT2D eigenvalue weighted by Gasteiger charge is 2.20. The Morgan fingerprint density at radius 3 is 2.76 bits per heavy atom. The van der Waals surface area contributed by atoms with Crippen molar-refractivity contribution in [2.24, 2.45) is 12.9 Å². The Balaban J connectivity index is 2.36. The van der Waals surface area contributed by atoms with E-state index < -0.39 is 0 Å². The SMILES string of the molecule is COc1ccc(Br)c(C(Cc2c(Cl)c(C)nn2C)NN)c1. The van der Waals surface area contributed by atoms with Gasteiger partial charge in [-0.1, -0.05) is 27.5 Å². The first-order valence-electron chi connectivity index (χ1n) is 6.45. The summed E-state index contributed by atoms with van der Waals surface area (Å²) >= 11 is 9.86. The number of methoxy groups -OCH3 is 1. The van der Waals surface area contributed by atoms with Crippen molar-refractivity contribution in [1.29, 1.82) is 0 Å². The zero-order valence-corrected chi connectivity index (χ0v) is 14.5. The highest BCUT2D eigenvalue weighted by atomic mass is 79.9. The van der Waals surface area contributed by atoms with E-state index in [0.29, 0.717) is 11.4 Å². The molecule has 1 unspecified atom stereocenters. The number of rotatable bonds is 5. The van der Waals surface area contributed by atoms with Crippen LogP contribution in [0.25, 0.3) is 0 Å². The molecule has 1 aromatic carbocycles. The zero-order chi connectivity index (χ0) is 15.6. The molecule has 0 bridgehead atoms. The molecule has 21 heavy (non-hydrogen) atoms. The van der Waals surface area contributed by atoms with Crippen molar-refractivity contribution in [2.45, 2.75) is 19.4 Å². The highest BCUT2D eigenvalue weighted by molar-refractivity contribution is 9.10. The van der Waals surface area contributed by atoms with E-state index in [9.17, 15) is 0 Å². The Kier molecular flexibility index (Phi) is 5.27. The molecule has 1 atom stereocenters. The Hall–Kier alpha value is -1.08. The molecule has 0 spiro atoms. The number of benzene rings is 1. The number of nitrogens with zero attached hydrogens (tertiary/aromatic N) is 2. The molecule has 0 saturated heterocycles. The average molecular weight is 374 g/mol. The van der Waals surface area contributed by atoms with Crippen LogP contribution < -0.4 is 16.0 Å². The summed E-state index contributed by atoms with van der Waals surface area (Å²) in [7, 11) is 3.52. The van der Waals surface area contributed by atoms with E-state index in [-0.39, 0.29) is 6.04 Å². The smallest absolute Gasteiger partial charge is 0.119 e. The third-order valence-corrected chi connectivity index (χ3v) is 4.65. The molecule has 1 aromatic heterocycles. The van der Waals surface area contributed by atoms with E-state index in [1.165, 1.54) is 0 Å². The lowest BCUT2D eigenvalue weighted by Crippen LogP contribution is -2.30. The largest absolute Gasteiger partial charge is 0.497 e. The molecule has 5 nitrogen and oxygen atoms in total. The molecule has 0 aliphatic carbocycles. The molecule has 2 rings (SSSR count). The molecule has 0 fully saturated rings.